The van der Waals surface area contributed by atoms with Gasteiger partial charge in [-0.2, -0.15) is 0 Å². The number of hydrogen-bond donors (Lipinski definition) is 1. The van der Waals surface area contributed by atoms with E-state index in [1.54, 1.807) is 0 Å². The standard InChI is InChI=1S/C10H19N3O/c1-2-12-6-8(7-12)13-5-3-4-9(11)10(13)14/h8-9H,2-7,11H2,1H3. The van der Waals surface area contributed by atoms with Crippen LogP contribution in [0.2, 0.25) is 0 Å². The van der Waals surface area contributed by atoms with Gasteiger partial charge in [0.05, 0.1) is 12.1 Å². The van der Waals surface area contributed by atoms with Gasteiger partial charge in [-0.05, 0) is 19.4 Å². The number of rotatable bonds is 2. The van der Waals surface area contributed by atoms with Crippen molar-refractivity contribution in [2.75, 3.05) is 26.2 Å². The van der Waals surface area contributed by atoms with Crippen LogP contribution in [-0.2, 0) is 4.79 Å². The minimum atomic E-state index is -0.237. The molecule has 2 heterocycles. The molecular formula is C10H19N3O. The summed E-state index contributed by atoms with van der Waals surface area (Å²) in [6, 6.07) is 0.202. The SMILES string of the molecule is CCN1CC(N2CCCC(N)C2=O)C1. The van der Waals surface area contributed by atoms with Gasteiger partial charge in [0.25, 0.3) is 0 Å². The molecule has 4 heteroatoms. The van der Waals surface area contributed by atoms with Gasteiger partial charge in [-0.15, -0.1) is 0 Å². The molecule has 2 N–H and O–H groups in total. The van der Waals surface area contributed by atoms with Crippen LogP contribution >= 0.6 is 0 Å². The molecule has 0 bridgehead atoms. The monoisotopic (exact) mass is 197 g/mol. The van der Waals surface area contributed by atoms with Crippen molar-refractivity contribution < 1.29 is 4.79 Å². The summed E-state index contributed by atoms with van der Waals surface area (Å²) in [6.45, 7) is 6.23. The van der Waals surface area contributed by atoms with Gasteiger partial charge < -0.3 is 10.6 Å². The van der Waals surface area contributed by atoms with Crippen LogP contribution < -0.4 is 5.73 Å². The zero-order valence-electron chi connectivity index (χ0n) is 8.78. The average Bonchev–Trinajstić information content (AvgIpc) is 2.10. The first-order valence-electron chi connectivity index (χ1n) is 5.50. The maximum Gasteiger partial charge on any atom is 0.239 e. The number of carbonyl (C=O) groups excluding carboxylic acids is 1. The van der Waals surface area contributed by atoms with Gasteiger partial charge in [-0.3, -0.25) is 9.69 Å². The van der Waals surface area contributed by atoms with Crippen LogP contribution in [-0.4, -0.2) is 54.0 Å². The van der Waals surface area contributed by atoms with Crippen molar-refractivity contribution in [1.82, 2.24) is 9.80 Å². The highest BCUT2D eigenvalue weighted by Crippen LogP contribution is 2.19. The lowest BCUT2D eigenvalue weighted by atomic mass is 10.00. The second kappa shape index (κ2) is 3.87. The molecule has 2 fully saturated rings. The predicted octanol–water partition coefficient (Wildman–Crippen LogP) is -0.360. The van der Waals surface area contributed by atoms with E-state index in [9.17, 15) is 4.79 Å². The molecule has 0 aromatic rings. The molecule has 0 aromatic heterocycles. The Morgan fingerprint density at radius 2 is 2.21 bits per heavy atom. The Labute approximate surface area is 85.0 Å². The lowest BCUT2D eigenvalue weighted by Gasteiger charge is -2.47. The molecule has 80 valence electrons. The van der Waals surface area contributed by atoms with Gasteiger partial charge in [0.1, 0.15) is 0 Å². The third-order valence-electron chi connectivity index (χ3n) is 3.34. The van der Waals surface area contributed by atoms with Crippen LogP contribution in [0.5, 0.6) is 0 Å². The highest BCUT2D eigenvalue weighted by molar-refractivity contribution is 5.82. The first-order chi connectivity index (χ1) is 6.72. The van der Waals surface area contributed by atoms with Crippen LogP contribution in [0, 0.1) is 0 Å². The van der Waals surface area contributed by atoms with Gasteiger partial charge >= 0.3 is 0 Å². The Morgan fingerprint density at radius 1 is 1.50 bits per heavy atom. The quantitative estimate of drug-likeness (QED) is 0.657. The number of amides is 1. The Morgan fingerprint density at radius 3 is 2.86 bits per heavy atom. The van der Waals surface area contributed by atoms with Gasteiger partial charge in [-0.25, -0.2) is 0 Å². The van der Waals surface area contributed by atoms with Crippen molar-refractivity contribution in [3.63, 3.8) is 0 Å². The van der Waals surface area contributed by atoms with Gasteiger partial charge in [0.15, 0.2) is 0 Å². The molecule has 2 saturated heterocycles. The van der Waals surface area contributed by atoms with E-state index in [1.165, 1.54) is 0 Å². The fraction of sp³-hybridized carbons (Fsp3) is 0.900. The molecule has 0 spiro atoms. The highest BCUT2D eigenvalue weighted by atomic mass is 16.2. The average molecular weight is 197 g/mol. The van der Waals surface area contributed by atoms with Gasteiger partial charge in [0.2, 0.25) is 5.91 Å². The normalized spacial score (nSPS) is 30.6. The summed E-state index contributed by atoms with van der Waals surface area (Å²) in [5.74, 6) is 0.164. The minimum Gasteiger partial charge on any atom is -0.336 e. The lowest BCUT2D eigenvalue weighted by Crippen LogP contribution is -2.64. The summed E-state index contributed by atoms with van der Waals surface area (Å²) in [5, 5.41) is 0. The lowest BCUT2D eigenvalue weighted by molar-refractivity contribution is -0.141. The van der Waals surface area contributed by atoms with Crippen LogP contribution in [0.15, 0.2) is 0 Å². The van der Waals surface area contributed by atoms with E-state index in [0.717, 1.165) is 39.0 Å². The van der Waals surface area contributed by atoms with E-state index >= 15 is 0 Å². The van der Waals surface area contributed by atoms with Crippen molar-refractivity contribution in [3.05, 3.63) is 0 Å². The molecule has 1 unspecified atom stereocenters. The largest absolute Gasteiger partial charge is 0.336 e. The summed E-state index contributed by atoms with van der Waals surface area (Å²) in [7, 11) is 0. The van der Waals surface area contributed by atoms with Crippen molar-refractivity contribution in [3.8, 4) is 0 Å². The molecule has 2 rings (SSSR count). The molecule has 1 atom stereocenters. The van der Waals surface area contributed by atoms with Crippen molar-refractivity contribution in [1.29, 1.82) is 0 Å². The molecule has 0 aromatic carbocycles. The fourth-order valence-electron chi connectivity index (χ4n) is 2.29. The molecule has 4 nitrogen and oxygen atoms in total. The first-order valence-corrected chi connectivity index (χ1v) is 5.50. The molecule has 0 aliphatic carbocycles. The number of nitrogens with two attached hydrogens (primary N) is 1. The number of piperidine rings is 1. The third kappa shape index (κ3) is 1.64. The summed E-state index contributed by atoms with van der Waals surface area (Å²) < 4.78 is 0. The third-order valence-corrected chi connectivity index (χ3v) is 3.34. The number of likely N-dealkylation sites (tertiary alicyclic amines) is 2. The first kappa shape index (κ1) is 9.93. The van der Waals surface area contributed by atoms with Crippen LogP contribution in [0.3, 0.4) is 0 Å². The van der Waals surface area contributed by atoms with E-state index in [-0.39, 0.29) is 11.9 Å². The van der Waals surface area contributed by atoms with Gasteiger partial charge in [0, 0.05) is 19.6 Å². The molecule has 1 amide bonds. The van der Waals surface area contributed by atoms with E-state index in [1.807, 2.05) is 4.90 Å². The maximum atomic E-state index is 11.7. The summed E-state index contributed by atoms with van der Waals surface area (Å²) in [5.41, 5.74) is 5.75. The van der Waals surface area contributed by atoms with Crippen LogP contribution in [0.1, 0.15) is 19.8 Å². The Bertz CT molecular complexity index is 225. The topological polar surface area (TPSA) is 49.6 Å². The number of hydrogen-bond acceptors (Lipinski definition) is 3. The van der Waals surface area contributed by atoms with Gasteiger partial charge in [-0.1, -0.05) is 6.92 Å². The van der Waals surface area contributed by atoms with E-state index in [4.69, 9.17) is 5.73 Å². The molecule has 0 saturated carbocycles. The van der Waals surface area contributed by atoms with Crippen molar-refractivity contribution in [2.24, 2.45) is 5.73 Å². The van der Waals surface area contributed by atoms with Crippen LogP contribution in [0.4, 0.5) is 0 Å². The maximum absolute atomic E-state index is 11.7. The van der Waals surface area contributed by atoms with E-state index in [2.05, 4.69) is 11.8 Å². The number of likely N-dealkylation sites (N-methyl/N-ethyl adjacent to an activating group) is 1. The predicted molar refractivity (Wildman–Crippen MR) is 54.8 cm³/mol. The smallest absolute Gasteiger partial charge is 0.239 e. The fourth-order valence-corrected chi connectivity index (χ4v) is 2.29. The Balaban J connectivity index is 1.88. The molecule has 0 radical (unpaired) electrons. The minimum absolute atomic E-state index is 0.164. The van der Waals surface area contributed by atoms with E-state index < -0.39 is 0 Å². The number of nitrogens with zero attached hydrogens (tertiary/aromatic N) is 2. The summed E-state index contributed by atoms with van der Waals surface area (Å²) in [6.07, 6.45) is 1.93. The molecule has 14 heavy (non-hydrogen) atoms. The molecule has 2 aliphatic heterocycles. The Hall–Kier alpha value is -0.610. The zero-order chi connectivity index (χ0) is 10.1. The van der Waals surface area contributed by atoms with Crippen molar-refractivity contribution >= 4 is 5.91 Å². The van der Waals surface area contributed by atoms with E-state index in [0.29, 0.717) is 6.04 Å². The van der Waals surface area contributed by atoms with Crippen molar-refractivity contribution in [2.45, 2.75) is 31.8 Å². The highest BCUT2D eigenvalue weighted by Gasteiger charge is 2.36. The summed E-state index contributed by atoms with van der Waals surface area (Å²) in [4.78, 5) is 16.1. The summed E-state index contributed by atoms with van der Waals surface area (Å²) >= 11 is 0. The second-order valence-corrected chi connectivity index (χ2v) is 4.29. The zero-order valence-corrected chi connectivity index (χ0v) is 8.78. The second-order valence-electron chi connectivity index (χ2n) is 4.29. The van der Waals surface area contributed by atoms with Crippen LogP contribution in [0.25, 0.3) is 0 Å². The molecule has 2 aliphatic rings. The number of carbonyl (C=O) groups is 1. The molecular weight excluding hydrogens is 178 g/mol. The Kier molecular flexibility index (Phi) is 2.74.